The molecule has 0 saturated heterocycles. The molecule has 0 radical (unpaired) electrons. The molecular formula is C16H15F3N2. The van der Waals surface area contributed by atoms with Crippen LogP contribution in [0.25, 0.3) is 0 Å². The van der Waals surface area contributed by atoms with E-state index in [2.05, 4.69) is 9.97 Å². The molecule has 3 rings (SSSR count). The van der Waals surface area contributed by atoms with E-state index in [0.29, 0.717) is 5.92 Å². The molecule has 2 unspecified atom stereocenters. The summed E-state index contributed by atoms with van der Waals surface area (Å²) in [5, 5.41) is 0. The SMILES string of the molecule is Cc1cc(C2CC2c2ccc(C(F)(F)F)c(C)n2)ccn1. The Balaban J connectivity index is 1.83. The Labute approximate surface area is 121 Å². The van der Waals surface area contributed by atoms with E-state index in [0.717, 1.165) is 23.9 Å². The van der Waals surface area contributed by atoms with Gasteiger partial charge < -0.3 is 0 Å². The molecule has 21 heavy (non-hydrogen) atoms. The molecule has 0 bridgehead atoms. The smallest absolute Gasteiger partial charge is 0.262 e. The second-order valence-electron chi connectivity index (χ2n) is 5.55. The van der Waals surface area contributed by atoms with E-state index < -0.39 is 11.7 Å². The summed E-state index contributed by atoms with van der Waals surface area (Å²) in [6.07, 6.45) is -1.63. The lowest BCUT2D eigenvalue weighted by Crippen LogP contribution is -2.09. The van der Waals surface area contributed by atoms with Crippen molar-refractivity contribution in [2.75, 3.05) is 0 Å². The predicted octanol–water partition coefficient (Wildman–Crippen LogP) is 4.38. The largest absolute Gasteiger partial charge is 0.418 e. The Kier molecular flexibility index (Phi) is 3.23. The Hall–Kier alpha value is -1.91. The van der Waals surface area contributed by atoms with Gasteiger partial charge >= 0.3 is 6.18 Å². The zero-order valence-corrected chi connectivity index (χ0v) is 11.8. The number of hydrogen-bond acceptors (Lipinski definition) is 2. The lowest BCUT2D eigenvalue weighted by Gasteiger charge is -2.10. The summed E-state index contributed by atoms with van der Waals surface area (Å²) in [6.45, 7) is 3.35. The molecular weight excluding hydrogens is 277 g/mol. The van der Waals surface area contributed by atoms with Crippen LogP contribution < -0.4 is 0 Å². The average molecular weight is 292 g/mol. The van der Waals surface area contributed by atoms with Gasteiger partial charge in [-0.3, -0.25) is 9.97 Å². The van der Waals surface area contributed by atoms with Gasteiger partial charge in [0.1, 0.15) is 0 Å². The van der Waals surface area contributed by atoms with Crippen molar-refractivity contribution in [2.24, 2.45) is 0 Å². The third-order valence-electron chi connectivity index (χ3n) is 3.93. The van der Waals surface area contributed by atoms with Crippen LogP contribution in [0.4, 0.5) is 13.2 Å². The zero-order valence-electron chi connectivity index (χ0n) is 11.8. The monoisotopic (exact) mass is 292 g/mol. The van der Waals surface area contributed by atoms with Crippen molar-refractivity contribution in [1.82, 2.24) is 9.97 Å². The molecule has 2 aromatic rings. The number of alkyl halides is 3. The van der Waals surface area contributed by atoms with Gasteiger partial charge in [0, 0.05) is 29.2 Å². The van der Waals surface area contributed by atoms with E-state index in [1.807, 2.05) is 19.1 Å². The summed E-state index contributed by atoms with van der Waals surface area (Å²) >= 11 is 0. The highest BCUT2D eigenvalue weighted by Gasteiger charge is 2.41. The number of aromatic nitrogens is 2. The molecule has 1 fully saturated rings. The van der Waals surface area contributed by atoms with Gasteiger partial charge in [-0.05, 0) is 56.0 Å². The minimum Gasteiger partial charge on any atom is -0.262 e. The van der Waals surface area contributed by atoms with Crippen molar-refractivity contribution in [2.45, 2.75) is 38.3 Å². The summed E-state index contributed by atoms with van der Waals surface area (Å²) in [6, 6.07) is 6.65. The minimum atomic E-state index is -4.33. The van der Waals surface area contributed by atoms with Crippen molar-refractivity contribution in [3.63, 3.8) is 0 Å². The summed E-state index contributed by atoms with van der Waals surface area (Å²) in [5.74, 6) is 0.558. The topological polar surface area (TPSA) is 25.8 Å². The van der Waals surface area contributed by atoms with Gasteiger partial charge in [-0.15, -0.1) is 0 Å². The summed E-state index contributed by atoms with van der Waals surface area (Å²) < 4.78 is 38.2. The van der Waals surface area contributed by atoms with Crippen molar-refractivity contribution in [3.8, 4) is 0 Å². The standard InChI is InChI=1S/C16H15F3N2/c1-9-7-11(5-6-20-9)12-8-13(12)15-4-3-14(10(2)21-15)16(17,18)19/h3-7,12-13H,8H2,1-2H3. The van der Waals surface area contributed by atoms with Gasteiger partial charge in [0.15, 0.2) is 0 Å². The molecule has 0 aliphatic heterocycles. The van der Waals surface area contributed by atoms with Gasteiger partial charge in [-0.2, -0.15) is 13.2 Å². The highest BCUT2D eigenvalue weighted by molar-refractivity contribution is 5.35. The first-order valence-corrected chi connectivity index (χ1v) is 6.83. The van der Waals surface area contributed by atoms with E-state index in [9.17, 15) is 13.2 Å². The third kappa shape index (κ3) is 2.77. The fraction of sp³-hybridized carbons (Fsp3) is 0.375. The van der Waals surface area contributed by atoms with Crippen LogP contribution in [0.2, 0.25) is 0 Å². The Morgan fingerprint density at radius 3 is 2.48 bits per heavy atom. The first kappa shape index (κ1) is 14.0. The lowest BCUT2D eigenvalue weighted by atomic mass is 10.1. The van der Waals surface area contributed by atoms with Crippen molar-refractivity contribution in [3.05, 3.63) is 58.7 Å². The molecule has 0 spiro atoms. The quantitative estimate of drug-likeness (QED) is 0.820. The molecule has 1 aliphatic rings. The average Bonchev–Trinajstić information content (AvgIpc) is 3.17. The maximum absolute atomic E-state index is 12.7. The number of pyridine rings is 2. The van der Waals surface area contributed by atoms with Gasteiger partial charge in [0.25, 0.3) is 0 Å². The predicted molar refractivity (Wildman–Crippen MR) is 73.0 cm³/mol. The highest BCUT2D eigenvalue weighted by Crippen LogP contribution is 2.54. The summed E-state index contributed by atoms with van der Waals surface area (Å²) in [4.78, 5) is 8.32. The number of rotatable bonds is 2. The van der Waals surface area contributed by atoms with Crippen LogP contribution in [0.1, 0.15) is 46.5 Å². The van der Waals surface area contributed by atoms with Gasteiger partial charge in [0.05, 0.1) is 5.56 Å². The van der Waals surface area contributed by atoms with Crippen LogP contribution in [0, 0.1) is 13.8 Å². The van der Waals surface area contributed by atoms with Crippen molar-refractivity contribution >= 4 is 0 Å². The molecule has 5 heteroatoms. The second kappa shape index (κ2) is 4.83. The Morgan fingerprint density at radius 1 is 1.10 bits per heavy atom. The molecule has 2 atom stereocenters. The van der Waals surface area contributed by atoms with E-state index in [-0.39, 0.29) is 11.6 Å². The fourth-order valence-corrected chi connectivity index (χ4v) is 2.77. The Bertz CT molecular complexity index is 679. The highest BCUT2D eigenvalue weighted by atomic mass is 19.4. The molecule has 0 aromatic carbocycles. The number of hydrogen-bond donors (Lipinski definition) is 0. The summed E-state index contributed by atoms with van der Waals surface area (Å²) in [7, 11) is 0. The maximum atomic E-state index is 12.7. The fourth-order valence-electron chi connectivity index (χ4n) is 2.77. The number of nitrogens with zero attached hydrogens (tertiary/aromatic N) is 2. The molecule has 2 aromatic heterocycles. The van der Waals surface area contributed by atoms with Gasteiger partial charge in [-0.1, -0.05) is 0 Å². The zero-order chi connectivity index (χ0) is 15.2. The van der Waals surface area contributed by atoms with Crippen LogP contribution in [-0.4, -0.2) is 9.97 Å². The first-order chi connectivity index (χ1) is 9.86. The van der Waals surface area contributed by atoms with E-state index in [1.165, 1.54) is 18.6 Å². The van der Waals surface area contributed by atoms with Crippen molar-refractivity contribution < 1.29 is 13.2 Å². The number of aryl methyl sites for hydroxylation is 2. The molecule has 2 heterocycles. The molecule has 0 N–H and O–H groups in total. The van der Waals surface area contributed by atoms with Gasteiger partial charge in [-0.25, -0.2) is 0 Å². The molecule has 1 aliphatic carbocycles. The normalized spacial score (nSPS) is 21.4. The number of halogens is 3. The van der Waals surface area contributed by atoms with Crippen LogP contribution in [0.3, 0.4) is 0 Å². The minimum absolute atomic E-state index is 0.0524. The van der Waals surface area contributed by atoms with Crippen LogP contribution in [0.15, 0.2) is 30.5 Å². The molecule has 110 valence electrons. The third-order valence-corrected chi connectivity index (χ3v) is 3.93. The van der Waals surface area contributed by atoms with E-state index in [4.69, 9.17) is 0 Å². The van der Waals surface area contributed by atoms with Crippen LogP contribution in [-0.2, 0) is 6.18 Å². The Morgan fingerprint density at radius 2 is 1.86 bits per heavy atom. The first-order valence-electron chi connectivity index (χ1n) is 6.83. The lowest BCUT2D eigenvalue weighted by molar-refractivity contribution is -0.138. The van der Waals surface area contributed by atoms with E-state index in [1.54, 1.807) is 6.20 Å². The van der Waals surface area contributed by atoms with Crippen LogP contribution in [0.5, 0.6) is 0 Å². The second-order valence-corrected chi connectivity index (χ2v) is 5.55. The van der Waals surface area contributed by atoms with Gasteiger partial charge in [0.2, 0.25) is 0 Å². The summed E-state index contributed by atoms with van der Waals surface area (Å²) in [5.41, 5.74) is 2.29. The van der Waals surface area contributed by atoms with E-state index >= 15 is 0 Å². The molecule has 2 nitrogen and oxygen atoms in total. The molecule has 0 amide bonds. The molecule has 1 saturated carbocycles. The van der Waals surface area contributed by atoms with Crippen molar-refractivity contribution in [1.29, 1.82) is 0 Å². The van der Waals surface area contributed by atoms with Crippen LogP contribution >= 0.6 is 0 Å². The maximum Gasteiger partial charge on any atom is 0.418 e.